The number of methoxy groups -OCH3 is 1. The van der Waals surface area contributed by atoms with E-state index in [4.69, 9.17) is 4.74 Å². The van der Waals surface area contributed by atoms with Crippen LogP contribution in [-0.4, -0.2) is 7.11 Å². The van der Waals surface area contributed by atoms with Gasteiger partial charge in [-0.1, -0.05) is 109 Å². The summed E-state index contributed by atoms with van der Waals surface area (Å²) in [5.41, 5.74) is 12.7. The van der Waals surface area contributed by atoms with E-state index >= 15 is 0 Å². The molecule has 6 aromatic carbocycles. The van der Waals surface area contributed by atoms with Gasteiger partial charge >= 0.3 is 0 Å². The summed E-state index contributed by atoms with van der Waals surface area (Å²) in [7, 11) is 1.71. The molecule has 0 spiro atoms. The van der Waals surface area contributed by atoms with Crippen LogP contribution < -0.4 is 4.74 Å². The van der Waals surface area contributed by atoms with E-state index in [1.165, 1.54) is 66.4 Å². The predicted molar refractivity (Wildman–Crippen MR) is 151 cm³/mol. The van der Waals surface area contributed by atoms with Crippen LogP contribution in [0, 0.1) is 0 Å². The highest BCUT2D eigenvalue weighted by atomic mass is 16.5. The monoisotopic (exact) mass is 460 g/mol. The molecule has 0 fully saturated rings. The lowest BCUT2D eigenvalue weighted by Crippen LogP contribution is -1.94. The Morgan fingerprint density at radius 1 is 0.417 bits per heavy atom. The fourth-order valence-corrected chi connectivity index (χ4v) is 5.74. The van der Waals surface area contributed by atoms with Crippen LogP contribution in [0.1, 0.15) is 0 Å². The summed E-state index contributed by atoms with van der Waals surface area (Å²) in [4.78, 5) is 0. The van der Waals surface area contributed by atoms with Gasteiger partial charge in [0.25, 0.3) is 0 Å². The Balaban J connectivity index is 1.67. The second-order valence-electron chi connectivity index (χ2n) is 9.27. The van der Waals surface area contributed by atoms with Crippen molar-refractivity contribution in [1.82, 2.24) is 0 Å². The van der Waals surface area contributed by atoms with Crippen molar-refractivity contribution in [3.05, 3.63) is 127 Å². The molecule has 36 heavy (non-hydrogen) atoms. The van der Waals surface area contributed by atoms with E-state index in [2.05, 4.69) is 127 Å². The Labute approximate surface area is 211 Å². The summed E-state index contributed by atoms with van der Waals surface area (Å²) in [5, 5.41) is 2.63. The molecule has 0 aromatic heterocycles. The van der Waals surface area contributed by atoms with E-state index in [1.807, 2.05) is 0 Å². The molecule has 1 aliphatic rings. The lowest BCUT2D eigenvalue weighted by molar-refractivity contribution is 0.415. The van der Waals surface area contributed by atoms with Crippen LogP contribution in [0.5, 0.6) is 5.75 Å². The summed E-state index contributed by atoms with van der Waals surface area (Å²) < 4.78 is 5.47. The molecule has 0 N–H and O–H groups in total. The van der Waals surface area contributed by atoms with Gasteiger partial charge in [0.1, 0.15) is 5.75 Å². The first-order chi connectivity index (χ1) is 17.8. The Kier molecular flexibility index (Phi) is 4.75. The van der Waals surface area contributed by atoms with Crippen molar-refractivity contribution >= 4 is 10.8 Å². The highest BCUT2D eigenvalue weighted by Gasteiger charge is 2.29. The molecule has 0 amide bonds. The zero-order valence-corrected chi connectivity index (χ0v) is 20.0. The number of fused-ring (bicyclic) bond motifs is 3. The minimum Gasteiger partial charge on any atom is -0.497 e. The third kappa shape index (κ3) is 3.10. The predicted octanol–water partition coefficient (Wildman–Crippen LogP) is 9.50. The molecule has 0 heterocycles. The lowest BCUT2D eigenvalue weighted by Gasteiger charge is -2.21. The number of ether oxygens (including phenoxy) is 1. The number of benzene rings is 6. The molecule has 7 rings (SSSR count). The maximum atomic E-state index is 5.47. The SMILES string of the molecule is COc1ccc(-c2cc(-c3ccccc3)c3c(c2-c2ccccc2)-c2cccc4cccc-3c24)cc1. The van der Waals surface area contributed by atoms with Crippen LogP contribution in [0.2, 0.25) is 0 Å². The van der Waals surface area contributed by atoms with Crippen molar-refractivity contribution in [3.8, 4) is 61.4 Å². The van der Waals surface area contributed by atoms with Crippen LogP contribution >= 0.6 is 0 Å². The van der Waals surface area contributed by atoms with Crippen molar-refractivity contribution in [2.75, 3.05) is 7.11 Å². The van der Waals surface area contributed by atoms with E-state index in [-0.39, 0.29) is 0 Å². The van der Waals surface area contributed by atoms with Crippen molar-refractivity contribution in [3.63, 3.8) is 0 Å². The van der Waals surface area contributed by atoms with Gasteiger partial charge in [0.05, 0.1) is 7.11 Å². The largest absolute Gasteiger partial charge is 0.497 e. The Morgan fingerprint density at radius 3 is 1.61 bits per heavy atom. The van der Waals surface area contributed by atoms with Crippen LogP contribution in [-0.2, 0) is 0 Å². The van der Waals surface area contributed by atoms with Crippen LogP contribution in [0.15, 0.2) is 127 Å². The van der Waals surface area contributed by atoms with E-state index in [9.17, 15) is 0 Å². The maximum Gasteiger partial charge on any atom is 0.118 e. The van der Waals surface area contributed by atoms with E-state index in [1.54, 1.807) is 7.11 Å². The third-order valence-corrected chi connectivity index (χ3v) is 7.32. The summed E-state index contributed by atoms with van der Waals surface area (Å²) in [6, 6.07) is 45.8. The lowest BCUT2D eigenvalue weighted by atomic mass is 9.82. The van der Waals surface area contributed by atoms with Gasteiger partial charge in [0, 0.05) is 0 Å². The first-order valence-corrected chi connectivity index (χ1v) is 12.3. The molecule has 0 saturated carbocycles. The highest BCUT2D eigenvalue weighted by Crippen LogP contribution is 2.57. The summed E-state index contributed by atoms with van der Waals surface area (Å²) in [6.45, 7) is 0. The molecule has 0 unspecified atom stereocenters. The van der Waals surface area contributed by atoms with Crippen LogP contribution in [0.25, 0.3) is 66.4 Å². The van der Waals surface area contributed by atoms with Crippen LogP contribution in [0.3, 0.4) is 0 Å². The average molecular weight is 461 g/mol. The fourth-order valence-electron chi connectivity index (χ4n) is 5.74. The molecule has 1 aliphatic carbocycles. The average Bonchev–Trinajstić information content (AvgIpc) is 3.29. The first kappa shape index (κ1) is 20.7. The van der Waals surface area contributed by atoms with E-state index in [0.717, 1.165) is 5.75 Å². The van der Waals surface area contributed by atoms with E-state index in [0.29, 0.717) is 0 Å². The van der Waals surface area contributed by atoms with Crippen molar-refractivity contribution < 1.29 is 4.74 Å². The molecule has 1 nitrogen and oxygen atoms in total. The number of hydrogen-bond acceptors (Lipinski definition) is 1. The molecule has 6 aromatic rings. The third-order valence-electron chi connectivity index (χ3n) is 7.32. The van der Waals surface area contributed by atoms with E-state index < -0.39 is 0 Å². The fraction of sp³-hybridized carbons (Fsp3) is 0.0286. The molecule has 0 aliphatic heterocycles. The van der Waals surface area contributed by atoms with Gasteiger partial charge in [0.15, 0.2) is 0 Å². The van der Waals surface area contributed by atoms with Crippen molar-refractivity contribution in [2.45, 2.75) is 0 Å². The molecular formula is C35H24O. The topological polar surface area (TPSA) is 9.23 Å². The minimum atomic E-state index is 0.863. The molecule has 0 bridgehead atoms. The normalized spacial score (nSPS) is 11.5. The molecule has 0 saturated heterocycles. The molecule has 0 atom stereocenters. The molecule has 0 radical (unpaired) electrons. The smallest absolute Gasteiger partial charge is 0.118 e. The number of rotatable bonds is 4. The quantitative estimate of drug-likeness (QED) is 0.254. The second kappa shape index (κ2) is 8.25. The van der Waals surface area contributed by atoms with Gasteiger partial charge in [-0.05, 0) is 84.6 Å². The van der Waals surface area contributed by atoms with Gasteiger partial charge in [-0.3, -0.25) is 0 Å². The molecule has 1 heteroatoms. The zero-order chi connectivity index (χ0) is 24.1. The first-order valence-electron chi connectivity index (χ1n) is 12.3. The van der Waals surface area contributed by atoms with Gasteiger partial charge < -0.3 is 4.74 Å². The minimum absolute atomic E-state index is 0.863. The van der Waals surface area contributed by atoms with Crippen LogP contribution in [0.4, 0.5) is 0 Å². The van der Waals surface area contributed by atoms with Crippen molar-refractivity contribution in [1.29, 1.82) is 0 Å². The molecular weight excluding hydrogens is 436 g/mol. The number of hydrogen-bond donors (Lipinski definition) is 0. The van der Waals surface area contributed by atoms with Gasteiger partial charge in [-0.15, -0.1) is 0 Å². The van der Waals surface area contributed by atoms with Gasteiger partial charge in [-0.2, -0.15) is 0 Å². The zero-order valence-electron chi connectivity index (χ0n) is 20.0. The van der Waals surface area contributed by atoms with Gasteiger partial charge in [0.2, 0.25) is 0 Å². The summed E-state index contributed by atoms with van der Waals surface area (Å²) in [6.07, 6.45) is 0. The Morgan fingerprint density at radius 2 is 0.972 bits per heavy atom. The van der Waals surface area contributed by atoms with Crippen molar-refractivity contribution in [2.24, 2.45) is 0 Å². The van der Waals surface area contributed by atoms with Gasteiger partial charge in [-0.25, -0.2) is 0 Å². The standard InChI is InChI=1S/C35H24O/c1-36-27-20-18-24(19-21-27)30-22-31(23-10-4-2-5-11-23)34-28-16-8-14-25-15-9-17-29(32(25)28)35(34)33(30)26-12-6-3-7-13-26/h2-22H,1H3. The second-order valence-corrected chi connectivity index (χ2v) is 9.27. The summed E-state index contributed by atoms with van der Waals surface area (Å²) >= 11 is 0. The maximum absolute atomic E-state index is 5.47. The Hall–Kier alpha value is -4.62. The summed E-state index contributed by atoms with van der Waals surface area (Å²) in [5.74, 6) is 0.863. The Bertz CT molecular complexity index is 1730. The highest BCUT2D eigenvalue weighted by molar-refractivity contribution is 6.22. The molecule has 170 valence electrons.